The van der Waals surface area contributed by atoms with Crippen LogP contribution in [0, 0.1) is 5.82 Å². The molecule has 0 bridgehead atoms. The molecule has 3 N–H and O–H groups in total. The lowest BCUT2D eigenvalue weighted by molar-refractivity contribution is -0.122. The minimum Gasteiger partial charge on any atom is -0.492 e. The van der Waals surface area contributed by atoms with Gasteiger partial charge in [-0.15, -0.1) is 0 Å². The van der Waals surface area contributed by atoms with E-state index < -0.39 is 27.8 Å². The van der Waals surface area contributed by atoms with Gasteiger partial charge in [-0.3, -0.25) is 9.59 Å². The summed E-state index contributed by atoms with van der Waals surface area (Å²) in [5.74, 6) is -0.910. The number of carbonyl (C=O) groups is 2. The topological polar surface area (TPSA) is 114 Å². The van der Waals surface area contributed by atoms with Crippen molar-refractivity contribution in [3.05, 3.63) is 54.3 Å². The van der Waals surface area contributed by atoms with E-state index in [9.17, 15) is 22.4 Å². The summed E-state index contributed by atoms with van der Waals surface area (Å²) in [5, 5.41) is 5.07. The van der Waals surface area contributed by atoms with Crippen LogP contribution in [0.5, 0.6) is 5.75 Å². The van der Waals surface area contributed by atoms with Gasteiger partial charge in [0.2, 0.25) is 21.8 Å². The highest BCUT2D eigenvalue weighted by molar-refractivity contribution is 7.89. The lowest BCUT2D eigenvalue weighted by Gasteiger charge is -2.15. The Morgan fingerprint density at radius 2 is 1.83 bits per heavy atom. The maximum atomic E-state index is 13.1. The first kappa shape index (κ1) is 22.3. The molecule has 0 fully saturated rings. The number of halogens is 1. The van der Waals surface area contributed by atoms with E-state index in [1.54, 1.807) is 6.07 Å². The molecular formula is C19H22FN3O5S. The lowest BCUT2D eigenvalue weighted by atomic mass is 10.3. The third-order valence-corrected chi connectivity index (χ3v) is 5.23. The number of nitrogens with one attached hydrogen (secondary N) is 3. The summed E-state index contributed by atoms with van der Waals surface area (Å²) in [6.07, 6.45) is 0. The molecule has 2 aromatic carbocycles. The van der Waals surface area contributed by atoms with Gasteiger partial charge in [0.1, 0.15) is 18.2 Å². The molecule has 0 spiro atoms. The number of rotatable bonds is 9. The van der Waals surface area contributed by atoms with Crippen molar-refractivity contribution in [3.8, 4) is 5.75 Å². The number of sulfonamides is 1. The molecule has 0 heterocycles. The van der Waals surface area contributed by atoms with Crippen LogP contribution in [0.4, 0.5) is 10.1 Å². The maximum Gasteiger partial charge on any atom is 0.241 e. The molecular weight excluding hydrogens is 401 g/mol. The number of carbonyl (C=O) groups excluding carboxylic acids is 2. The quantitative estimate of drug-likeness (QED) is 0.531. The van der Waals surface area contributed by atoms with Gasteiger partial charge in [0, 0.05) is 18.7 Å². The Morgan fingerprint density at radius 1 is 1.14 bits per heavy atom. The van der Waals surface area contributed by atoms with Gasteiger partial charge in [0.05, 0.1) is 17.5 Å². The summed E-state index contributed by atoms with van der Waals surface area (Å²) in [7, 11) is -3.92. The minimum atomic E-state index is -3.92. The first-order valence-corrected chi connectivity index (χ1v) is 10.2. The first-order valence-electron chi connectivity index (χ1n) is 8.73. The number of benzene rings is 2. The molecule has 2 amide bonds. The summed E-state index contributed by atoms with van der Waals surface area (Å²) < 4.78 is 45.4. The molecule has 1 atom stereocenters. The van der Waals surface area contributed by atoms with E-state index in [0.717, 1.165) is 0 Å². The number of amides is 2. The molecule has 0 radical (unpaired) electrons. The van der Waals surface area contributed by atoms with Crippen LogP contribution in [0.25, 0.3) is 0 Å². The standard InChI is InChI=1S/C19H22FN3O5S/c1-13(19(25)21-10-11-28-17-5-3-4-15(20)12-17)23-29(26,27)18-8-6-16(7-9-18)22-14(2)24/h3-9,12-13,23H,10-11H2,1-2H3,(H,21,25)(H,22,24)/t13-/m0/s1. The summed E-state index contributed by atoms with van der Waals surface area (Å²) in [6.45, 7) is 2.97. The maximum absolute atomic E-state index is 13.1. The average Bonchev–Trinajstić information content (AvgIpc) is 2.64. The molecule has 156 valence electrons. The smallest absolute Gasteiger partial charge is 0.241 e. The fourth-order valence-electron chi connectivity index (χ4n) is 2.33. The van der Waals surface area contributed by atoms with Crippen molar-refractivity contribution in [2.45, 2.75) is 24.8 Å². The Kier molecular flexibility index (Phi) is 7.68. The SMILES string of the molecule is CC(=O)Nc1ccc(S(=O)(=O)N[C@@H](C)C(=O)NCCOc2cccc(F)c2)cc1. The molecule has 0 aliphatic carbocycles. The van der Waals surface area contributed by atoms with E-state index in [4.69, 9.17) is 4.74 Å². The lowest BCUT2D eigenvalue weighted by Crippen LogP contribution is -2.45. The average molecular weight is 423 g/mol. The van der Waals surface area contributed by atoms with Crippen molar-refractivity contribution >= 4 is 27.5 Å². The molecule has 10 heteroatoms. The third kappa shape index (κ3) is 7.16. The largest absolute Gasteiger partial charge is 0.492 e. The van der Waals surface area contributed by atoms with Crippen LogP contribution in [0.15, 0.2) is 53.4 Å². The number of anilines is 1. The Hall–Kier alpha value is -2.98. The highest BCUT2D eigenvalue weighted by atomic mass is 32.2. The molecule has 0 saturated heterocycles. The third-order valence-electron chi connectivity index (χ3n) is 3.68. The number of ether oxygens (including phenoxy) is 1. The summed E-state index contributed by atoms with van der Waals surface area (Å²) >= 11 is 0. The predicted molar refractivity (Wildman–Crippen MR) is 105 cm³/mol. The summed E-state index contributed by atoms with van der Waals surface area (Å²) in [6, 6.07) is 10.1. The number of hydrogen-bond acceptors (Lipinski definition) is 5. The van der Waals surface area contributed by atoms with E-state index in [1.165, 1.54) is 56.3 Å². The fourth-order valence-corrected chi connectivity index (χ4v) is 3.53. The minimum absolute atomic E-state index is 0.0410. The predicted octanol–water partition coefficient (Wildman–Crippen LogP) is 1.65. The van der Waals surface area contributed by atoms with E-state index in [2.05, 4.69) is 15.4 Å². The van der Waals surface area contributed by atoms with Gasteiger partial charge in [-0.1, -0.05) is 6.07 Å². The van der Waals surface area contributed by atoms with Crippen LogP contribution < -0.4 is 20.1 Å². The fraction of sp³-hybridized carbons (Fsp3) is 0.263. The van der Waals surface area contributed by atoms with Crippen LogP contribution in [-0.2, 0) is 19.6 Å². The zero-order chi connectivity index (χ0) is 21.4. The number of hydrogen-bond donors (Lipinski definition) is 3. The summed E-state index contributed by atoms with van der Waals surface area (Å²) in [5.41, 5.74) is 0.459. The normalized spacial score (nSPS) is 12.1. The highest BCUT2D eigenvalue weighted by Crippen LogP contribution is 2.14. The van der Waals surface area contributed by atoms with E-state index in [0.29, 0.717) is 11.4 Å². The Labute approximate surface area is 168 Å². The Morgan fingerprint density at radius 3 is 2.45 bits per heavy atom. The first-order chi connectivity index (χ1) is 13.7. The van der Waals surface area contributed by atoms with Crippen LogP contribution in [0.2, 0.25) is 0 Å². The molecule has 8 nitrogen and oxygen atoms in total. The van der Waals surface area contributed by atoms with Gasteiger partial charge in [0.15, 0.2) is 0 Å². The van der Waals surface area contributed by atoms with Gasteiger partial charge in [-0.2, -0.15) is 4.72 Å². The monoisotopic (exact) mass is 423 g/mol. The van der Waals surface area contributed by atoms with E-state index in [-0.39, 0.29) is 24.0 Å². The molecule has 0 aromatic heterocycles. The molecule has 0 aliphatic rings. The van der Waals surface area contributed by atoms with Gasteiger partial charge < -0.3 is 15.4 Å². The van der Waals surface area contributed by atoms with Crippen molar-refractivity contribution in [2.24, 2.45) is 0 Å². The van der Waals surface area contributed by atoms with Crippen LogP contribution in [0.1, 0.15) is 13.8 Å². The second-order valence-electron chi connectivity index (χ2n) is 6.15. The van der Waals surface area contributed by atoms with Crippen LogP contribution in [-0.4, -0.2) is 39.4 Å². The van der Waals surface area contributed by atoms with Crippen LogP contribution >= 0.6 is 0 Å². The molecule has 2 rings (SSSR count). The Balaban J connectivity index is 1.83. The van der Waals surface area contributed by atoms with Crippen molar-refractivity contribution in [2.75, 3.05) is 18.5 Å². The van der Waals surface area contributed by atoms with Crippen molar-refractivity contribution in [1.29, 1.82) is 0 Å². The van der Waals surface area contributed by atoms with E-state index in [1.807, 2.05) is 0 Å². The molecule has 2 aromatic rings. The second kappa shape index (κ2) is 9.99. The zero-order valence-corrected chi connectivity index (χ0v) is 16.8. The van der Waals surface area contributed by atoms with Crippen LogP contribution in [0.3, 0.4) is 0 Å². The molecule has 0 aliphatic heterocycles. The van der Waals surface area contributed by atoms with Crippen molar-refractivity contribution < 1.29 is 27.1 Å². The zero-order valence-electron chi connectivity index (χ0n) is 15.9. The van der Waals surface area contributed by atoms with Gasteiger partial charge >= 0.3 is 0 Å². The summed E-state index contributed by atoms with van der Waals surface area (Å²) in [4.78, 5) is 23.1. The molecule has 0 saturated carbocycles. The van der Waals surface area contributed by atoms with E-state index >= 15 is 0 Å². The Bertz CT molecular complexity index is 964. The highest BCUT2D eigenvalue weighted by Gasteiger charge is 2.21. The molecule has 29 heavy (non-hydrogen) atoms. The molecule has 0 unspecified atom stereocenters. The van der Waals surface area contributed by atoms with Gasteiger partial charge in [-0.25, -0.2) is 12.8 Å². The van der Waals surface area contributed by atoms with Gasteiger partial charge in [-0.05, 0) is 43.3 Å². The second-order valence-corrected chi connectivity index (χ2v) is 7.86. The van der Waals surface area contributed by atoms with Crippen molar-refractivity contribution in [1.82, 2.24) is 10.0 Å². The van der Waals surface area contributed by atoms with Crippen molar-refractivity contribution in [3.63, 3.8) is 0 Å². The van der Waals surface area contributed by atoms with Gasteiger partial charge in [0.25, 0.3) is 0 Å².